The number of aliphatic hydroxyl groups is 1. The summed E-state index contributed by atoms with van der Waals surface area (Å²) in [4.78, 5) is 24.6. The molecule has 1 aliphatic rings. The van der Waals surface area contributed by atoms with E-state index in [1.807, 2.05) is 0 Å². The number of likely N-dealkylation sites (tertiary alicyclic amines) is 1. The van der Waals surface area contributed by atoms with Gasteiger partial charge in [0.05, 0.1) is 6.61 Å². The van der Waals surface area contributed by atoms with Crippen molar-refractivity contribution in [3.63, 3.8) is 0 Å². The van der Waals surface area contributed by atoms with Gasteiger partial charge in [0.1, 0.15) is 0 Å². The van der Waals surface area contributed by atoms with Crippen LogP contribution in [-0.4, -0.2) is 66.1 Å². The van der Waals surface area contributed by atoms with E-state index >= 15 is 0 Å². The van der Waals surface area contributed by atoms with Gasteiger partial charge < -0.3 is 25.2 Å². The largest absolute Gasteiger partial charge is 0.480 e. The van der Waals surface area contributed by atoms with Crippen molar-refractivity contribution in [1.29, 1.82) is 0 Å². The summed E-state index contributed by atoms with van der Waals surface area (Å²) in [7, 11) is 1.39. The summed E-state index contributed by atoms with van der Waals surface area (Å²) >= 11 is 0. The highest BCUT2D eigenvalue weighted by Crippen LogP contribution is 2.21. The van der Waals surface area contributed by atoms with E-state index in [1.54, 1.807) is 4.90 Å². The number of ether oxygens (including phenoxy) is 1. The Morgan fingerprint density at radius 3 is 2.84 bits per heavy atom. The second-order valence-corrected chi connectivity index (χ2v) is 4.65. The standard InChI is InChI=1S/C12H22N2O5/c1-19-8-10(11(16)17)13-12(18)14-6-2-4-9(14)5-3-7-15/h9-10,15H,2-8H2,1H3,(H,13,18)(H,16,17). The number of hydrogen-bond donors (Lipinski definition) is 3. The van der Waals surface area contributed by atoms with Gasteiger partial charge in [-0.25, -0.2) is 9.59 Å². The van der Waals surface area contributed by atoms with Crippen molar-refractivity contribution < 1.29 is 24.5 Å². The van der Waals surface area contributed by atoms with Gasteiger partial charge in [0.25, 0.3) is 0 Å². The molecule has 1 saturated heterocycles. The van der Waals surface area contributed by atoms with Crippen molar-refractivity contribution in [2.45, 2.75) is 37.8 Å². The SMILES string of the molecule is COCC(NC(=O)N1CCCC1CCCO)C(=O)O. The number of carboxylic acids is 1. The molecule has 1 heterocycles. The molecule has 0 radical (unpaired) electrons. The molecule has 7 heteroatoms. The third-order valence-electron chi connectivity index (χ3n) is 3.26. The summed E-state index contributed by atoms with van der Waals surface area (Å²) in [6.07, 6.45) is 3.20. The molecule has 1 aliphatic heterocycles. The normalized spacial score (nSPS) is 20.3. The lowest BCUT2D eigenvalue weighted by atomic mass is 10.1. The number of carbonyl (C=O) groups is 2. The van der Waals surface area contributed by atoms with Crippen LogP contribution in [0.3, 0.4) is 0 Å². The molecule has 3 N–H and O–H groups in total. The summed E-state index contributed by atoms with van der Waals surface area (Å²) in [6, 6.07) is -1.31. The number of aliphatic carboxylic acids is 1. The fraction of sp³-hybridized carbons (Fsp3) is 0.833. The lowest BCUT2D eigenvalue weighted by Crippen LogP contribution is -2.51. The number of urea groups is 1. The lowest BCUT2D eigenvalue weighted by Gasteiger charge is -2.26. The maximum Gasteiger partial charge on any atom is 0.328 e. The average Bonchev–Trinajstić information content (AvgIpc) is 2.83. The molecule has 1 rings (SSSR count). The summed E-state index contributed by atoms with van der Waals surface area (Å²) in [5.74, 6) is -1.11. The van der Waals surface area contributed by atoms with E-state index in [9.17, 15) is 9.59 Å². The third kappa shape index (κ3) is 4.68. The van der Waals surface area contributed by atoms with Gasteiger partial charge in [0.2, 0.25) is 0 Å². The zero-order valence-corrected chi connectivity index (χ0v) is 11.2. The van der Waals surface area contributed by atoms with Crippen LogP contribution in [0.2, 0.25) is 0 Å². The third-order valence-corrected chi connectivity index (χ3v) is 3.26. The minimum atomic E-state index is -1.11. The van der Waals surface area contributed by atoms with Crippen molar-refractivity contribution in [1.82, 2.24) is 10.2 Å². The number of nitrogens with zero attached hydrogens (tertiary/aromatic N) is 1. The van der Waals surface area contributed by atoms with Crippen LogP contribution in [0.15, 0.2) is 0 Å². The fourth-order valence-corrected chi connectivity index (χ4v) is 2.30. The van der Waals surface area contributed by atoms with Crippen molar-refractivity contribution in [3.05, 3.63) is 0 Å². The number of carboxylic acid groups (broad SMARTS) is 1. The number of nitrogens with one attached hydrogen (secondary N) is 1. The Balaban J connectivity index is 2.52. The summed E-state index contributed by atoms with van der Waals surface area (Å²) in [5, 5.41) is 20.2. The number of aliphatic hydroxyl groups excluding tert-OH is 1. The monoisotopic (exact) mass is 274 g/mol. The van der Waals surface area contributed by atoms with Crippen molar-refractivity contribution in [2.75, 3.05) is 26.9 Å². The summed E-state index contributed by atoms with van der Waals surface area (Å²) in [6.45, 7) is 0.671. The van der Waals surface area contributed by atoms with Gasteiger partial charge in [0.15, 0.2) is 6.04 Å². The highest BCUT2D eigenvalue weighted by atomic mass is 16.5. The van der Waals surface area contributed by atoms with Crippen LogP contribution in [0.4, 0.5) is 4.79 Å². The van der Waals surface area contributed by atoms with Crippen LogP contribution in [0.25, 0.3) is 0 Å². The van der Waals surface area contributed by atoms with Crippen LogP contribution >= 0.6 is 0 Å². The predicted octanol–water partition coefficient (Wildman–Crippen LogP) is 0.0325. The second kappa shape index (κ2) is 7.96. The van der Waals surface area contributed by atoms with E-state index in [2.05, 4.69) is 5.32 Å². The Hall–Kier alpha value is -1.34. The molecule has 0 aromatic heterocycles. The molecular weight excluding hydrogens is 252 g/mol. The first-order valence-corrected chi connectivity index (χ1v) is 6.50. The molecule has 0 bridgehead atoms. The molecule has 2 amide bonds. The van der Waals surface area contributed by atoms with Crippen LogP contribution in [0, 0.1) is 0 Å². The Kier molecular flexibility index (Phi) is 6.58. The fourth-order valence-electron chi connectivity index (χ4n) is 2.30. The van der Waals surface area contributed by atoms with Gasteiger partial charge in [-0.15, -0.1) is 0 Å². The van der Waals surface area contributed by atoms with Crippen molar-refractivity contribution in [2.24, 2.45) is 0 Å². The summed E-state index contributed by atoms with van der Waals surface area (Å²) in [5.41, 5.74) is 0. The molecule has 2 atom stereocenters. The molecule has 7 nitrogen and oxygen atoms in total. The molecule has 0 aromatic rings. The van der Waals surface area contributed by atoms with Crippen molar-refractivity contribution >= 4 is 12.0 Å². The second-order valence-electron chi connectivity index (χ2n) is 4.65. The van der Waals surface area contributed by atoms with Crippen LogP contribution < -0.4 is 5.32 Å². The highest BCUT2D eigenvalue weighted by Gasteiger charge is 2.30. The minimum Gasteiger partial charge on any atom is -0.480 e. The predicted molar refractivity (Wildman–Crippen MR) is 67.9 cm³/mol. The first-order chi connectivity index (χ1) is 9.10. The molecule has 110 valence electrons. The average molecular weight is 274 g/mol. The highest BCUT2D eigenvalue weighted by molar-refractivity contribution is 5.83. The van der Waals surface area contributed by atoms with Gasteiger partial charge in [0, 0.05) is 26.3 Å². The van der Waals surface area contributed by atoms with Crippen LogP contribution in [-0.2, 0) is 9.53 Å². The van der Waals surface area contributed by atoms with Crippen molar-refractivity contribution in [3.8, 4) is 0 Å². The maximum absolute atomic E-state index is 12.0. The quantitative estimate of drug-likeness (QED) is 0.608. The van der Waals surface area contributed by atoms with E-state index in [-0.39, 0.29) is 25.3 Å². The molecule has 0 saturated carbocycles. The lowest BCUT2D eigenvalue weighted by molar-refractivity contribution is -0.140. The Morgan fingerprint density at radius 1 is 1.53 bits per heavy atom. The van der Waals surface area contributed by atoms with Gasteiger partial charge >= 0.3 is 12.0 Å². The van der Waals surface area contributed by atoms with Crippen LogP contribution in [0.5, 0.6) is 0 Å². The zero-order chi connectivity index (χ0) is 14.3. The van der Waals surface area contributed by atoms with E-state index in [0.29, 0.717) is 13.0 Å². The molecule has 2 unspecified atom stereocenters. The topological polar surface area (TPSA) is 99.1 Å². The van der Waals surface area contributed by atoms with Gasteiger partial charge in [-0.1, -0.05) is 0 Å². The maximum atomic E-state index is 12.0. The number of amides is 2. The molecule has 0 spiro atoms. The van der Waals surface area contributed by atoms with E-state index in [1.165, 1.54) is 7.11 Å². The smallest absolute Gasteiger partial charge is 0.328 e. The molecule has 0 aliphatic carbocycles. The van der Waals surface area contributed by atoms with E-state index < -0.39 is 12.0 Å². The Labute approximate surface area is 112 Å². The van der Waals surface area contributed by atoms with Gasteiger partial charge in [-0.3, -0.25) is 0 Å². The number of carbonyl (C=O) groups excluding carboxylic acids is 1. The van der Waals surface area contributed by atoms with E-state index in [4.69, 9.17) is 14.9 Å². The molecular formula is C12H22N2O5. The molecule has 0 aromatic carbocycles. The molecule has 19 heavy (non-hydrogen) atoms. The van der Waals surface area contributed by atoms with Crippen LogP contribution in [0.1, 0.15) is 25.7 Å². The van der Waals surface area contributed by atoms with Gasteiger partial charge in [-0.2, -0.15) is 0 Å². The number of methoxy groups -OCH3 is 1. The number of rotatable bonds is 7. The Bertz CT molecular complexity index is 310. The first kappa shape index (κ1) is 15.7. The number of hydrogen-bond acceptors (Lipinski definition) is 4. The molecule has 1 fully saturated rings. The van der Waals surface area contributed by atoms with Gasteiger partial charge in [-0.05, 0) is 25.7 Å². The minimum absolute atomic E-state index is 0.0593. The van der Waals surface area contributed by atoms with E-state index in [0.717, 1.165) is 19.3 Å². The zero-order valence-electron chi connectivity index (χ0n) is 11.2. The first-order valence-electron chi connectivity index (χ1n) is 6.50. The Morgan fingerprint density at radius 2 is 2.26 bits per heavy atom. The summed E-state index contributed by atoms with van der Waals surface area (Å²) < 4.78 is 4.77.